The Morgan fingerprint density at radius 3 is 2.11 bits per heavy atom. The molecular formula is C22H28N2O3. The number of amides is 2. The highest BCUT2D eigenvalue weighted by Crippen LogP contribution is 2.06. The summed E-state index contributed by atoms with van der Waals surface area (Å²) in [5, 5.41) is 5.68. The highest BCUT2D eigenvalue weighted by atomic mass is 16.5. The molecule has 0 aliphatic carbocycles. The zero-order chi connectivity index (χ0) is 19.5. The molecule has 0 saturated carbocycles. The molecule has 5 heteroatoms. The number of ether oxygens (including phenoxy) is 1. The Labute approximate surface area is 161 Å². The van der Waals surface area contributed by atoms with E-state index < -0.39 is 12.1 Å². The van der Waals surface area contributed by atoms with Gasteiger partial charge in [0.15, 0.2) is 0 Å². The van der Waals surface area contributed by atoms with Crippen molar-refractivity contribution in [1.82, 2.24) is 10.6 Å². The number of hydrogen-bond acceptors (Lipinski definition) is 3. The first-order valence-corrected chi connectivity index (χ1v) is 9.40. The van der Waals surface area contributed by atoms with Gasteiger partial charge < -0.3 is 15.4 Å². The van der Waals surface area contributed by atoms with E-state index in [1.165, 1.54) is 0 Å². The summed E-state index contributed by atoms with van der Waals surface area (Å²) in [7, 11) is 0. The molecule has 2 rings (SSSR count). The third-order valence-electron chi connectivity index (χ3n) is 4.21. The Morgan fingerprint density at radius 2 is 1.52 bits per heavy atom. The minimum Gasteiger partial charge on any atom is -0.445 e. The first kappa shape index (κ1) is 20.5. The van der Waals surface area contributed by atoms with Gasteiger partial charge in [-0.3, -0.25) is 4.79 Å². The average molecular weight is 368 g/mol. The van der Waals surface area contributed by atoms with E-state index >= 15 is 0 Å². The second kappa shape index (κ2) is 11.0. The van der Waals surface area contributed by atoms with Crippen molar-refractivity contribution in [1.29, 1.82) is 0 Å². The lowest BCUT2D eigenvalue weighted by Crippen LogP contribution is -2.50. The molecule has 0 aromatic heterocycles. The highest BCUT2D eigenvalue weighted by Gasteiger charge is 2.23. The SMILES string of the molecule is CCC[C@@H](C)NC(=O)[C@@H](Cc1ccccc1)NC(=O)OCc1ccccc1. The quantitative estimate of drug-likeness (QED) is 0.707. The normalized spacial score (nSPS) is 12.7. The summed E-state index contributed by atoms with van der Waals surface area (Å²) in [6, 6.07) is 18.4. The number of carbonyl (C=O) groups is 2. The Bertz CT molecular complexity index is 704. The van der Waals surface area contributed by atoms with Gasteiger partial charge in [0.1, 0.15) is 12.6 Å². The molecule has 2 N–H and O–H groups in total. The Balaban J connectivity index is 1.97. The second-order valence-electron chi connectivity index (χ2n) is 6.65. The van der Waals surface area contributed by atoms with Crippen molar-refractivity contribution in [3.63, 3.8) is 0 Å². The molecule has 0 bridgehead atoms. The van der Waals surface area contributed by atoms with Crippen LogP contribution in [0.2, 0.25) is 0 Å². The molecular weight excluding hydrogens is 340 g/mol. The van der Waals surface area contributed by atoms with Crippen molar-refractivity contribution in [3.05, 3.63) is 71.8 Å². The van der Waals surface area contributed by atoms with Crippen molar-refractivity contribution in [2.45, 2.75) is 51.8 Å². The molecule has 0 radical (unpaired) electrons. The third-order valence-corrected chi connectivity index (χ3v) is 4.21. The predicted octanol–water partition coefficient (Wildman–Crippen LogP) is 3.83. The van der Waals surface area contributed by atoms with Gasteiger partial charge in [-0.1, -0.05) is 74.0 Å². The molecule has 2 atom stereocenters. The molecule has 2 amide bonds. The van der Waals surface area contributed by atoms with E-state index in [9.17, 15) is 9.59 Å². The summed E-state index contributed by atoms with van der Waals surface area (Å²) < 4.78 is 5.27. The van der Waals surface area contributed by atoms with Crippen LogP contribution in [0.15, 0.2) is 60.7 Å². The molecule has 0 aliphatic heterocycles. The van der Waals surface area contributed by atoms with Crippen LogP contribution >= 0.6 is 0 Å². The molecule has 27 heavy (non-hydrogen) atoms. The molecule has 2 aromatic carbocycles. The van der Waals surface area contributed by atoms with Gasteiger partial charge in [-0.15, -0.1) is 0 Å². The van der Waals surface area contributed by atoms with Gasteiger partial charge in [-0.05, 0) is 24.5 Å². The lowest BCUT2D eigenvalue weighted by Gasteiger charge is -2.21. The van der Waals surface area contributed by atoms with Crippen LogP contribution in [0.3, 0.4) is 0 Å². The topological polar surface area (TPSA) is 67.4 Å². The molecule has 0 heterocycles. The summed E-state index contributed by atoms with van der Waals surface area (Å²) in [4.78, 5) is 24.9. The number of hydrogen-bond donors (Lipinski definition) is 2. The number of benzene rings is 2. The van der Waals surface area contributed by atoms with Crippen LogP contribution in [0, 0.1) is 0 Å². The van der Waals surface area contributed by atoms with Gasteiger partial charge in [0.05, 0.1) is 0 Å². The monoisotopic (exact) mass is 368 g/mol. The molecule has 0 aliphatic rings. The average Bonchev–Trinajstić information content (AvgIpc) is 2.67. The minimum absolute atomic E-state index is 0.0583. The van der Waals surface area contributed by atoms with E-state index in [4.69, 9.17) is 4.74 Å². The number of carbonyl (C=O) groups excluding carboxylic acids is 2. The maximum absolute atomic E-state index is 12.7. The maximum atomic E-state index is 12.7. The maximum Gasteiger partial charge on any atom is 0.408 e. The van der Waals surface area contributed by atoms with Crippen LogP contribution in [0.4, 0.5) is 4.79 Å². The summed E-state index contributed by atoms with van der Waals surface area (Å²) in [5.41, 5.74) is 1.87. The van der Waals surface area contributed by atoms with E-state index in [2.05, 4.69) is 17.6 Å². The Morgan fingerprint density at radius 1 is 0.926 bits per heavy atom. The predicted molar refractivity (Wildman–Crippen MR) is 106 cm³/mol. The molecule has 0 saturated heterocycles. The fourth-order valence-corrected chi connectivity index (χ4v) is 2.81. The first-order valence-electron chi connectivity index (χ1n) is 9.40. The van der Waals surface area contributed by atoms with Crippen LogP contribution in [-0.4, -0.2) is 24.1 Å². The van der Waals surface area contributed by atoms with Crippen molar-refractivity contribution in [3.8, 4) is 0 Å². The standard InChI is InChI=1S/C22H28N2O3/c1-3-10-17(2)23-21(25)20(15-18-11-6-4-7-12-18)24-22(26)27-16-19-13-8-5-9-14-19/h4-9,11-14,17,20H,3,10,15-16H2,1-2H3,(H,23,25)(H,24,26)/t17-,20-/m1/s1. The Kier molecular flexibility index (Phi) is 8.36. The lowest BCUT2D eigenvalue weighted by atomic mass is 10.0. The molecule has 5 nitrogen and oxygen atoms in total. The van der Waals surface area contributed by atoms with Crippen molar-refractivity contribution in [2.24, 2.45) is 0 Å². The van der Waals surface area contributed by atoms with E-state index in [1.54, 1.807) is 0 Å². The first-order chi connectivity index (χ1) is 13.1. The van der Waals surface area contributed by atoms with Gasteiger partial charge in [-0.2, -0.15) is 0 Å². The van der Waals surface area contributed by atoms with Crippen LogP contribution in [0.5, 0.6) is 0 Å². The van der Waals surface area contributed by atoms with E-state index in [0.29, 0.717) is 6.42 Å². The largest absolute Gasteiger partial charge is 0.445 e. The number of alkyl carbamates (subject to hydrolysis) is 1. The van der Waals surface area contributed by atoms with Crippen LogP contribution in [-0.2, 0) is 22.6 Å². The van der Waals surface area contributed by atoms with Crippen molar-refractivity contribution in [2.75, 3.05) is 0 Å². The van der Waals surface area contributed by atoms with E-state index in [0.717, 1.165) is 24.0 Å². The number of rotatable bonds is 9. The smallest absolute Gasteiger partial charge is 0.408 e. The molecule has 144 valence electrons. The molecule has 2 aromatic rings. The Hall–Kier alpha value is -2.82. The van der Waals surface area contributed by atoms with Gasteiger partial charge in [0.2, 0.25) is 5.91 Å². The fourth-order valence-electron chi connectivity index (χ4n) is 2.81. The minimum atomic E-state index is -0.685. The van der Waals surface area contributed by atoms with E-state index in [1.807, 2.05) is 67.6 Å². The molecule has 0 spiro atoms. The van der Waals surface area contributed by atoms with Crippen LogP contribution < -0.4 is 10.6 Å². The highest BCUT2D eigenvalue weighted by molar-refractivity contribution is 5.86. The summed E-state index contributed by atoms with van der Waals surface area (Å²) in [6.07, 6.45) is 1.68. The fraction of sp³-hybridized carbons (Fsp3) is 0.364. The summed E-state index contributed by atoms with van der Waals surface area (Å²) >= 11 is 0. The van der Waals surface area contributed by atoms with Gasteiger partial charge >= 0.3 is 6.09 Å². The summed E-state index contributed by atoms with van der Waals surface area (Å²) in [6.45, 7) is 4.20. The molecule has 0 fully saturated rings. The second-order valence-corrected chi connectivity index (χ2v) is 6.65. The van der Waals surface area contributed by atoms with Crippen LogP contribution in [0.25, 0.3) is 0 Å². The molecule has 0 unspecified atom stereocenters. The number of nitrogens with one attached hydrogen (secondary N) is 2. The van der Waals surface area contributed by atoms with Gasteiger partial charge in [0.25, 0.3) is 0 Å². The third kappa shape index (κ3) is 7.52. The zero-order valence-electron chi connectivity index (χ0n) is 16.0. The van der Waals surface area contributed by atoms with Crippen molar-refractivity contribution < 1.29 is 14.3 Å². The van der Waals surface area contributed by atoms with Crippen LogP contribution in [0.1, 0.15) is 37.8 Å². The summed E-state index contributed by atoms with van der Waals surface area (Å²) in [5.74, 6) is -0.198. The van der Waals surface area contributed by atoms with Gasteiger partial charge in [-0.25, -0.2) is 4.79 Å². The zero-order valence-corrected chi connectivity index (χ0v) is 16.0. The lowest BCUT2D eigenvalue weighted by molar-refractivity contribution is -0.123. The van der Waals surface area contributed by atoms with Crippen molar-refractivity contribution >= 4 is 12.0 Å². The van der Waals surface area contributed by atoms with Gasteiger partial charge in [0, 0.05) is 12.5 Å². The van der Waals surface area contributed by atoms with E-state index in [-0.39, 0.29) is 18.6 Å².